The molecule has 2 atom stereocenters. The average Bonchev–Trinajstić information content (AvgIpc) is 2.41. The Morgan fingerprint density at radius 2 is 1.90 bits per heavy atom. The summed E-state index contributed by atoms with van der Waals surface area (Å²) in [5.74, 6) is 0. The molecule has 2 unspecified atom stereocenters. The summed E-state index contributed by atoms with van der Waals surface area (Å²) in [6, 6.07) is 7.75. The minimum Gasteiger partial charge on any atom is -0.319 e. The Kier molecular flexibility index (Phi) is 3.69. The summed E-state index contributed by atoms with van der Waals surface area (Å²) in [6.07, 6.45) is 5.86. The number of hydrogen-bond donors (Lipinski definition) is 2. The molecule has 4 N–H and O–H groups in total. The van der Waals surface area contributed by atoms with Gasteiger partial charge in [0.05, 0.1) is 14.6 Å². The van der Waals surface area contributed by atoms with Gasteiger partial charge in [-0.1, -0.05) is 53.1 Å². The Balaban J connectivity index is 2.23. The second-order valence-electron chi connectivity index (χ2n) is 5.56. The van der Waals surface area contributed by atoms with Crippen molar-refractivity contribution in [1.29, 1.82) is 0 Å². The third-order valence-corrected chi connectivity index (χ3v) is 6.03. The monoisotopic (exact) mass is 401 g/mol. The van der Waals surface area contributed by atoms with Crippen LogP contribution in [0.3, 0.4) is 0 Å². The zero-order valence-electron chi connectivity index (χ0n) is 11.1. The van der Waals surface area contributed by atoms with Crippen molar-refractivity contribution in [2.45, 2.75) is 34.8 Å². The van der Waals surface area contributed by atoms with Crippen molar-refractivity contribution in [1.82, 2.24) is 4.98 Å². The van der Waals surface area contributed by atoms with E-state index in [4.69, 9.17) is 23.1 Å². The van der Waals surface area contributed by atoms with Crippen LogP contribution in [-0.4, -0.2) is 8.53 Å². The summed E-state index contributed by atoms with van der Waals surface area (Å²) in [6.45, 7) is 0. The Labute approximate surface area is 137 Å². The van der Waals surface area contributed by atoms with Gasteiger partial charge in [-0.3, -0.25) is 4.98 Å². The predicted molar refractivity (Wildman–Crippen MR) is 92.0 cm³/mol. The average molecular weight is 402 g/mol. The summed E-state index contributed by atoms with van der Waals surface area (Å²) in [5, 5.41) is 1.73. The van der Waals surface area contributed by atoms with Gasteiger partial charge in [-0.15, -0.1) is 0 Å². The SMILES string of the molecule is NC1(I)CCCCC1(N)c1ccnc2cc(Cl)ccc12. The highest BCUT2D eigenvalue weighted by molar-refractivity contribution is 14.1. The van der Waals surface area contributed by atoms with Gasteiger partial charge in [-0.2, -0.15) is 0 Å². The van der Waals surface area contributed by atoms with E-state index in [-0.39, 0.29) is 0 Å². The molecule has 1 aliphatic carbocycles. The zero-order chi connectivity index (χ0) is 14.4. The van der Waals surface area contributed by atoms with Crippen molar-refractivity contribution in [3.63, 3.8) is 0 Å². The van der Waals surface area contributed by atoms with Gasteiger partial charge in [0.15, 0.2) is 0 Å². The van der Waals surface area contributed by atoms with Crippen LogP contribution in [0, 0.1) is 0 Å². The quantitative estimate of drug-likeness (QED) is 0.435. The molecule has 3 nitrogen and oxygen atoms in total. The van der Waals surface area contributed by atoms with Crippen LogP contribution >= 0.6 is 34.2 Å². The molecule has 0 amide bonds. The molecule has 1 fully saturated rings. The number of alkyl halides is 1. The highest BCUT2D eigenvalue weighted by Gasteiger charge is 2.47. The number of benzene rings is 1. The summed E-state index contributed by atoms with van der Waals surface area (Å²) in [4.78, 5) is 4.39. The van der Waals surface area contributed by atoms with Gasteiger partial charge in [0.1, 0.15) is 0 Å². The van der Waals surface area contributed by atoms with Crippen LogP contribution in [-0.2, 0) is 5.54 Å². The molecule has 3 rings (SSSR count). The van der Waals surface area contributed by atoms with Crippen LogP contribution < -0.4 is 11.5 Å². The fourth-order valence-corrected chi connectivity index (χ4v) is 4.19. The van der Waals surface area contributed by atoms with Crippen molar-refractivity contribution in [2.75, 3.05) is 0 Å². The first kappa shape index (κ1) is 14.5. The van der Waals surface area contributed by atoms with Gasteiger partial charge in [-0.25, -0.2) is 0 Å². The minimum absolute atomic E-state index is 0.434. The van der Waals surface area contributed by atoms with Gasteiger partial charge in [0.2, 0.25) is 0 Å². The lowest BCUT2D eigenvalue weighted by Crippen LogP contribution is -2.61. The van der Waals surface area contributed by atoms with Crippen LogP contribution in [0.4, 0.5) is 0 Å². The second kappa shape index (κ2) is 5.09. The van der Waals surface area contributed by atoms with E-state index in [1.165, 1.54) is 0 Å². The summed E-state index contributed by atoms with van der Waals surface area (Å²) in [5.41, 5.74) is 14.7. The van der Waals surface area contributed by atoms with E-state index in [1.807, 2.05) is 24.3 Å². The van der Waals surface area contributed by atoms with E-state index in [0.717, 1.165) is 42.1 Å². The molecule has 5 heteroatoms. The van der Waals surface area contributed by atoms with Crippen molar-refractivity contribution in [2.24, 2.45) is 11.5 Å². The molecule has 1 aromatic carbocycles. The Bertz CT molecular complexity index is 659. The van der Waals surface area contributed by atoms with E-state index >= 15 is 0 Å². The first-order chi connectivity index (χ1) is 9.44. The van der Waals surface area contributed by atoms with Crippen LogP contribution in [0.1, 0.15) is 31.2 Å². The number of halogens is 2. The Hall–Kier alpha value is -0.430. The summed E-state index contributed by atoms with van der Waals surface area (Å²) in [7, 11) is 0. The maximum absolute atomic E-state index is 6.77. The summed E-state index contributed by atoms with van der Waals surface area (Å²) >= 11 is 8.37. The lowest BCUT2D eigenvalue weighted by atomic mass is 9.73. The normalized spacial score (nSPS) is 30.6. The van der Waals surface area contributed by atoms with Crippen LogP contribution in [0.25, 0.3) is 10.9 Å². The maximum atomic E-state index is 6.77. The highest BCUT2D eigenvalue weighted by atomic mass is 127. The van der Waals surface area contributed by atoms with Crippen LogP contribution in [0.2, 0.25) is 5.02 Å². The Morgan fingerprint density at radius 1 is 1.15 bits per heavy atom. The van der Waals surface area contributed by atoms with E-state index in [2.05, 4.69) is 27.6 Å². The molecule has 0 aliphatic heterocycles. The van der Waals surface area contributed by atoms with Crippen LogP contribution in [0.15, 0.2) is 30.5 Å². The van der Waals surface area contributed by atoms with E-state index < -0.39 is 9.08 Å². The first-order valence-electron chi connectivity index (χ1n) is 6.75. The highest BCUT2D eigenvalue weighted by Crippen LogP contribution is 2.46. The van der Waals surface area contributed by atoms with Gasteiger partial charge < -0.3 is 11.5 Å². The smallest absolute Gasteiger partial charge is 0.0904 e. The predicted octanol–water partition coefficient (Wildman–Crippen LogP) is 3.71. The molecule has 0 bridgehead atoms. The van der Waals surface area contributed by atoms with E-state index in [1.54, 1.807) is 6.20 Å². The van der Waals surface area contributed by atoms with Crippen molar-refractivity contribution >= 4 is 45.1 Å². The molecule has 0 saturated heterocycles. The van der Waals surface area contributed by atoms with Gasteiger partial charge in [0.25, 0.3) is 0 Å². The molecular formula is C15H17ClIN3. The Morgan fingerprint density at radius 3 is 2.65 bits per heavy atom. The molecule has 1 aromatic heterocycles. The van der Waals surface area contributed by atoms with Crippen LogP contribution in [0.5, 0.6) is 0 Å². The molecule has 2 aromatic rings. The van der Waals surface area contributed by atoms with Crippen molar-refractivity contribution < 1.29 is 0 Å². The number of rotatable bonds is 1. The first-order valence-corrected chi connectivity index (χ1v) is 8.21. The van der Waals surface area contributed by atoms with Gasteiger partial charge in [-0.05, 0) is 36.6 Å². The van der Waals surface area contributed by atoms with Gasteiger partial charge in [0, 0.05) is 16.6 Å². The number of pyridine rings is 1. The molecule has 1 aliphatic rings. The van der Waals surface area contributed by atoms with Crippen molar-refractivity contribution in [3.05, 3.63) is 41.0 Å². The summed E-state index contributed by atoms with van der Waals surface area (Å²) < 4.78 is -0.434. The molecule has 106 valence electrons. The third kappa shape index (κ3) is 2.22. The number of aromatic nitrogens is 1. The molecule has 1 heterocycles. The number of nitrogens with two attached hydrogens (primary N) is 2. The third-order valence-electron chi connectivity index (χ3n) is 4.29. The number of nitrogens with zero attached hydrogens (tertiary/aromatic N) is 1. The fourth-order valence-electron chi connectivity index (χ4n) is 3.09. The van der Waals surface area contributed by atoms with Gasteiger partial charge >= 0.3 is 0 Å². The zero-order valence-corrected chi connectivity index (χ0v) is 14.0. The van der Waals surface area contributed by atoms with E-state index in [0.29, 0.717) is 5.02 Å². The number of hydrogen-bond acceptors (Lipinski definition) is 3. The molecule has 0 spiro atoms. The molecule has 1 saturated carbocycles. The molecular weight excluding hydrogens is 385 g/mol. The number of fused-ring (bicyclic) bond motifs is 1. The topological polar surface area (TPSA) is 64.9 Å². The molecule has 20 heavy (non-hydrogen) atoms. The van der Waals surface area contributed by atoms with E-state index in [9.17, 15) is 0 Å². The standard InChI is InChI=1S/C15H17ClIN3/c16-10-3-4-11-12(5-8-20-13(11)9-10)14(18)6-1-2-7-15(14,17)19/h3-5,8-9H,1-2,6-7,18-19H2. The fraction of sp³-hybridized carbons (Fsp3) is 0.400. The van der Waals surface area contributed by atoms with Crippen molar-refractivity contribution in [3.8, 4) is 0 Å². The second-order valence-corrected chi connectivity index (χ2v) is 7.92. The maximum Gasteiger partial charge on any atom is 0.0904 e. The largest absolute Gasteiger partial charge is 0.319 e. The lowest BCUT2D eigenvalue weighted by Gasteiger charge is -2.46. The minimum atomic E-state index is -0.527. The molecule has 0 radical (unpaired) electrons. The lowest BCUT2D eigenvalue weighted by molar-refractivity contribution is 0.244.